The van der Waals surface area contributed by atoms with Gasteiger partial charge in [-0.3, -0.25) is 0 Å². The Bertz CT molecular complexity index is 223. The van der Waals surface area contributed by atoms with Crippen LogP contribution in [0.25, 0.3) is 0 Å². The van der Waals surface area contributed by atoms with Gasteiger partial charge in [0.2, 0.25) is 6.29 Å². The minimum atomic E-state index is -0.842. The summed E-state index contributed by atoms with van der Waals surface area (Å²) in [5.74, 6) is 0.595. The number of hydrogen-bond donors (Lipinski definition) is 1. The van der Waals surface area contributed by atoms with Crippen LogP contribution in [0.1, 0.15) is 19.8 Å². The fraction of sp³-hybridized carbons (Fsp3) is 0.400. The van der Waals surface area contributed by atoms with E-state index in [-0.39, 0.29) is 0 Å². The molecule has 1 unspecified atom stereocenters. The van der Waals surface area contributed by atoms with Crippen molar-refractivity contribution in [1.82, 2.24) is 0 Å². The van der Waals surface area contributed by atoms with Crippen LogP contribution in [0.2, 0.25) is 0 Å². The Morgan fingerprint density at radius 3 is 2.62 bits per heavy atom. The highest BCUT2D eigenvalue weighted by Gasteiger charge is 2.03. The van der Waals surface area contributed by atoms with Gasteiger partial charge in [0.1, 0.15) is 0 Å². The molecule has 0 saturated heterocycles. The molecule has 1 aromatic carbocycles. The van der Waals surface area contributed by atoms with E-state index in [0.29, 0.717) is 12.2 Å². The van der Waals surface area contributed by atoms with Crippen molar-refractivity contribution in [3.05, 3.63) is 30.3 Å². The van der Waals surface area contributed by atoms with E-state index in [4.69, 9.17) is 14.9 Å². The molecule has 72 valence electrons. The Morgan fingerprint density at radius 2 is 2.00 bits per heavy atom. The SMILES string of the molecule is CCCC(O)OOc1ccccc1. The van der Waals surface area contributed by atoms with E-state index >= 15 is 0 Å². The summed E-state index contributed by atoms with van der Waals surface area (Å²) in [7, 11) is 0. The van der Waals surface area contributed by atoms with E-state index in [1.54, 1.807) is 12.1 Å². The maximum Gasteiger partial charge on any atom is 0.200 e. The zero-order valence-electron chi connectivity index (χ0n) is 7.64. The van der Waals surface area contributed by atoms with Gasteiger partial charge < -0.3 is 9.99 Å². The van der Waals surface area contributed by atoms with Gasteiger partial charge in [-0.25, -0.2) is 0 Å². The van der Waals surface area contributed by atoms with Gasteiger partial charge in [0.15, 0.2) is 5.75 Å². The van der Waals surface area contributed by atoms with Crippen LogP contribution in [0.3, 0.4) is 0 Å². The molecular weight excluding hydrogens is 168 g/mol. The first-order valence-corrected chi connectivity index (χ1v) is 4.39. The van der Waals surface area contributed by atoms with Crippen LogP contribution >= 0.6 is 0 Å². The molecule has 0 aromatic heterocycles. The lowest BCUT2D eigenvalue weighted by atomic mass is 10.3. The fourth-order valence-corrected chi connectivity index (χ4v) is 0.882. The van der Waals surface area contributed by atoms with Crippen LogP contribution in [0.15, 0.2) is 30.3 Å². The lowest BCUT2D eigenvalue weighted by molar-refractivity contribution is -0.306. The van der Waals surface area contributed by atoms with Crippen LogP contribution in [-0.4, -0.2) is 11.4 Å². The topological polar surface area (TPSA) is 38.7 Å². The van der Waals surface area contributed by atoms with Gasteiger partial charge in [0, 0.05) is 6.42 Å². The molecule has 0 amide bonds. The van der Waals surface area contributed by atoms with Crippen LogP contribution in [-0.2, 0) is 4.89 Å². The number of rotatable bonds is 5. The predicted octanol–water partition coefficient (Wildman–Crippen LogP) is 2.12. The maximum absolute atomic E-state index is 9.16. The Labute approximate surface area is 77.8 Å². The molecule has 0 aliphatic rings. The Morgan fingerprint density at radius 1 is 1.31 bits per heavy atom. The summed E-state index contributed by atoms with van der Waals surface area (Å²) < 4.78 is 0. The van der Waals surface area contributed by atoms with Crippen molar-refractivity contribution in [2.75, 3.05) is 0 Å². The quantitative estimate of drug-likeness (QED) is 0.430. The van der Waals surface area contributed by atoms with E-state index in [1.807, 2.05) is 25.1 Å². The second kappa shape index (κ2) is 5.56. The molecule has 1 atom stereocenters. The normalized spacial score (nSPS) is 12.5. The third kappa shape index (κ3) is 3.92. The third-order valence-electron chi connectivity index (χ3n) is 1.53. The molecule has 13 heavy (non-hydrogen) atoms. The van der Waals surface area contributed by atoms with Crippen molar-refractivity contribution in [1.29, 1.82) is 0 Å². The highest BCUT2D eigenvalue weighted by Crippen LogP contribution is 2.10. The van der Waals surface area contributed by atoms with Gasteiger partial charge >= 0.3 is 0 Å². The molecule has 3 heteroatoms. The van der Waals surface area contributed by atoms with Crippen molar-refractivity contribution >= 4 is 0 Å². The zero-order valence-corrected chi connectivity index (χ0v) is 7.64. The smallest absolute Gasteiger partial charge is 0.200 e. The van der Waals surface area contributed by atoms with Gasteiger partial charge in [-0.15, -0.1) is 0 Å². The van der Waals surface area contributed by atoms with Crippen LogP contribution in [0.4, 0.5) is 0 Å². The molecule has 0 saturated carbocycles. The lowest BCUT2D eigenvalue weighted by Gasteiger charge is -2.09. The maximum atomic E-state index is 9.16. The van der Waals surface area contributed by atoms with E-state index in [1.165, 1.54) is 0 Å². The summed E-state index contributed by atoms with van der Waals surface area (Å²) in [6.07, 6.45) is 0.594. The highest BCUT2D eigenvalue weighted by molar-refractivity contribution is 5.20. The van der Waals surface area contributed by atoms with Crippen molar-refractivity contribution in [2.24, 2.45) is 0 Å². The molecule has 0 aliphatic carbocycles. The van der Waals surface area contributed by atoms with Gasteiger partial charge in [-0.05, 0) is 12.1 Å². The Kier molecular flexibility index (Phi) is 4.29. The zero-order chi connectivity index (χ0) is 9.52. The van der Waals surface area contributed by atoms with Crippen molar-refractivity contribution in [3.63, 3.8) is 0 Å². The average molecular weight is 182 g/mol. The molecule has 0 radical (unpaired) electrons. The number of aliphatic hydroxyl groups excluding tert-OH is 1. The first-order chi connectivity index (χ1) is 6.33. The van der Waals surface area contributed by atoms with Gasteiger partial charge in [0.05, 0.1) is 0 Å². The number of hydrogen-bond acceptors (Lipinski definition) is 3. The van der Waals surface area contributed by atoms with E-state index in [2.05, 4.69) is 0 Å². The minimum Gasteiger partial charge on any atom is -0.365 e. The number of para-hydroxylation sites is 1. The monoisotopic (exact) mass is 182 g/mol. The fourth-order valence-electron chi connectivity index (χ4n) is 0.882. The highest BCUT2D eigenvalue weighted by atomic mass is 17.2. The molecule has 3 nitrogen and oxygen atoms in total. The summed E-state index contributed by atoms with van der Waals surface area (Å²) in [5, 5.41) is 9.16. The second-order valence-corrected chi connectivity index (χ2v) is 2.74. The number of benzene rings is 1. The minimum absolute atomic E-state index is 0.576. The Balaban J connectivity index is 2.27. The summed E-state index contributed by atoms with van der Waals surface area (Å²) in [5.41, 5.74) is 0. The van der Waals surface area contributed by atoms with Gasteiger partial charge in [0.25, 0.3) is 0 Å². The van der Waals surface area contributed by atoms with Crippen molar-refractivity contribution < 1.29 is 14.9 Å². The van der Waals surface area contributed by atoms with Crippen molar-refractivity contribution in [3.8, 4) is 5.75 Å². The summed E-state index contributed by atoms with van der Waals surface area (Å²) >= 11 is 0. The lowest BCUT2D eigenvalue weighted by Crippen LogP contribution is -2.13. The molecule has 0 heterocycles. The first kappa shape index (κ1) is 10.0. The Hall–Kier alpha value is -1.06. The largest absolute Gasteiger partial charge is 0.365 e. The predicted molar refractivity (Wildman–Crippen MR) is 49.1 cm³/mol. The van der Waals surface area contributed by atoms with Gasteiger partial charge in [-0.1, -0.05) is 31.5 Å². The molecule has 0 fully saturated rings. The van der Waals surface area contributed by atoms with Crippen LogP contribution in [0.5, 0.6) is 5.75 Å². The molecule has 1 rings (SSSR count). The van der Waals surface area contributed by atoms with Crippen molar-refractivity contribution in [2.45, 2.75) is 26.1 Å². The molecule has 1 aromatic rings. The molecule has 0 bridgehead atoms. The molecule has 1 N–H and O–H groups in total. The van der Waals surface area contributed by atoms with E-state index in [9.17, 15) is 0 Å². The molecule has 0 spiro atoms. The van der Waals surface area contributed by atoms with Crippen LogP contribution < -0.4 is 4.89 Å². The number of aliphatic hydroxyl groups is 1. The molecular formula is C10H14O3. The average Bonchev–Trinajstić information content (AvgIpc) is 2.17. The van der Waals surface area contributed by atoms with Crippen LogP contribution in [0, 0.1) is 0 Å². The third-order valence-corrected chi connectivity index (χ3v) is 1.53. The van der Waals surface area contributed by atoms with E-state index < -0.39 is 6.29 Å². The molecule has 0 aliphatic heterocycles. The summed E-state index contributed by atoms with van der Waals surface area (Å²) in [6.45, 7) is 1.97. The van der Waals surface area contributed by atoms with E-state index in [0.717, 1.165) is 6.42 Å². The summed E-state index contributed by atoms with van der Waals surface area (Å²) in [6, 6.07) is 9.09. The summed E-state index contributed by atoms with van der Waals surface area (Å²) in [4.78, 5) is 9.59. The standard InChI is InChI=1S/C10H14O3/c1-2-6-10(11)13-12-9-7-4-3-5-8-9/h3-5,7-8,10-11H,2,6H2,1H3. The first-order valence-electron chi connectivity index (χ1n) is 4.39. The van der Waals surface area contributed by atoms with Gasteiger partial charge in [-0.2, -0.15) is 4.89 Å². The second-order valence-electron chi connectivity index (χ2n) is 2.74.